The Kier molecular flexibility index (Phi) is 6.17. The third-order valence-corrected chi connectivity index (χ3v) is 11.0. The summed E-state index contributed by atoms with van der Waals surface area (Å²) in [6.45, 7) is 0.827. The number of nitrogens with zero attached hydrogens (tertiary/aromatic N) is 3. The van der Waals surface area contributed by atoms with Gasteiger partial charge in [0, 0.05) is 28.6 Å². The van der Waals surface area contributed by atoms with Gasteiger partial charge in [0.05, 0.1) is 5.69 Å². The number of rotatable bonds is 4. The van der Waals surface area contributed by atoms with E-state index in [9.17, 15) is 0 Å². The summed E-state index contributed by atoms with van der Waals surface area (Å²) in [7, 11) is 0. The van der Waals surface area contributed by atoms with Crippen LogP contribution in [0.15, 0.2) is 146 Å². The highest BCUT2D eigenvalue weighted by molar-refractivity contribution is 6.16. The number of anilines is 1. The van der Waals surface area contributed by atoms with Gasteiger partial charge in [0.1, 0.15) is 0 Å². The lowest BCUT2D eigenvalue weighted by molar-refractivity contribution is 1.00. The van der Waals surface area contributed by atoms with Gasteiger partial charge >= 0.3 is 0 Å². The first kappa shape index (κ1) is 28.4. The molecule has 4 heteroatoms. The minimum atomic E-state index is 0.561. The van der Waals surface area contributed by atoms with Crippen molar-refractivity contribution < 1.29 is 0 Å². The maximum Gasteiger partial charge on any atom is 0.164 e. The zero-order valence-electron chi connectivity index (χ0n) is 27.8. The number of aromatic nitrogens is 3. The Bertz CT molecular complexity index is 2750. The highest BCUT2D eigenvalue weighted by Crippen LogP contribution is 2.63. The number of nitrogens with one attached hydrogen (secondary N) is 1. The highest BCUT2D eigenvalue weighted by Gasteiger charge is 2.46. The molecule has 7 aromatic carbocycles. The third-order valence-electron chi connectivity index (χ3n) is 11.0. The monoisotopic (exact) mass is 652 g/mol. The van der Waals surface area contributed by atoms with E-state index < -0.39 is 0 Å². The van der Waals surface area contributed by atoms with E-state index in [0.717, 1.165) is 34.4 Å². The van der Waals surface area contributed by atoms with Crippen molar-refractivity contribution in [2.24, 2.45) is 0 Å². The Morgan fingerprint density at radius 3 is 2.08 bits per heavy atom. The fourth-order valence-corrected chi connectivity index (χ4v) is 8.56. The molecular formula is C47H32N4. The summed E-state index contributed by atoms with van der Waals surface area (Å²) < 4.78 is 0. The molecule has 1 aliphatic heterocycles. The molecule has 2 atom stereocenters. The summed E-state index contributed by atoms with van der Waals surface area (Å²) >= 11 is 0. The van der Waals surface area contributed by atoms with E-state index in [1.807, 2.05) is 18.2 Å². The van der Waals surface area contributed by atoms with Crippen molar-refractivity contribution in [3.8, 4) is 56.4 Å². The molecule has 1 fully saturated rings. The second-order valence-electron chi connectivity index (χ2n) is 13.9. The van der Waals surface area contributed by atoms with E-state index in [-0.39, 0.29) is 0 Å². The molecule has 1 saturated carbocycles. The molecule has 0 saturated heterocycles. The molecule has 240 valence electrons. The molecule has 8 aromatic rings. The summed E-state index contributed by atoms with van der Waals surface area (Å²) in [6, 6.07) is 50.1. The highest BCUT2D eigenvalue weighted by atomic mass is 15.0. The Hall–Kier alpha value is -6.39. The van der Waals surface area contributed by atoms with E-state index in [2.05, 4.69) is 139 Å². The minimum absolute atomic E-state index is 0.561. The van der Waals surface area contributed by atoms with Crippen LogP contribution < -0.4 is 5.32 Å². The van der Waals surface area contributed by atoms with Crippen molar-refractivity contribution in [1.82, 2.24) is 15.0 Å². The van der Waals surface area contributed by atoms with Gasteiger partial charge in [-0.1, -0.05) is 146 Å². The van der Waals surface area contributed by atoms with Crippen LogP contribution in [-0.2, 0) is 0 Å². The Labute approximate surface area is 296 Å². The van der Waals surface area contributed by atoms with Crippen LogP contribution in [0.3, 0.4) is 0 Å². The van der Waals surface area contributed by atoms with Gasteiger partial charge in [0.15, 0.2) is 17.5 Å². The largest absolute Gasteiger partial charge is 0.381 e. The number of fused-ring (bicyclic) bond motifs is 11. The lowest BCUT2D eigenvalue weighted by Crippen LogP contribution is -2.05. The summed E-state index contributed by atoms with van der Waals surface area (Å²) in [4.78, 5) is 15.7. The van der Waals surface area contributed by atoms with Crippen LogP contribution in [0.2, 0.25) is 0 Å². The number of hydrogen-bond donors (Lipinski definition) is 1. The zero-order chi connectivity index (χ0) is 33.5. The number of hydrogen-bond acceptors (Lipinski definition) is 4. The van der Waals surface area contributed by atoms with Crippen molar-refractivity contribution in [1.29, 1.82) is 0 Å². The molecule has 2 aliphatic carbocycles. The zero-order valence-corrected chi connectivity index (χ0v) is 27.8. The third kappa shape index (κ3) is 4.49. The van der Waals surface area contributed by atoms with Crippen molar-refractivity contribution in [3.05, 3.63) is 162 Å². The topological polar surface area (TPSA) is 50.7 Å². The van der Waals surface area contributed by atoms with Crippen molar-refractivity contribution >= 4 is 33.3 Å². The van der Waals surface area contributed by atoms with Crippen LogP contribution in [0, 0.1) is 0 Å². The SMILES string of the molecule is C1=Cc2ccc3ccc4ccc(-c5ccccc5-c5nc(-c6ccccc6)nc(-c6cccc7c6-c6ccccc6C6CC76)n5)cc4c3c2NC1. The Balaban J connectivity index is 1.13. The van der Waals surface area contributed by atoms with Crippen molar-refractivity contribution in [2.75, 3.05) is 11.9 Å². The molecule has 0 radical (unpaired) electrons. The van der Waals surface area contributed by atoms with Gasteiger partial charge in [0.2, 0.25) is 0 Å². The first-order valence-electron chi connectivity index (χ1n) is 17.8. The summed E-state index contributed by atoms with van der Waals surface area (Å²) in [5.74, 6) is 3.22. The molecule has 11 rings (SSSR count). The molecule has 2 unspecified atom stereocenters. The predicted molar refractivity (Wildman–Crippen MR) is 210 cm³/mol. The van der Waals surface area contributed by atoms with Gasteiger partial charge in [0.25, 0.3) is 0 Å². The first-order valence-corrected chi connectivity index (χ1v) is 17.8. The maximum atomic E-state index is 5.34. The molecular weight excluding hydrogens is 621 g/mol. The molecule has 0 spiro atoms. The molecule has 0 bridgehead atoms. The van der Waals surface area contributed by atoms with Crippen molar-refractivity contribution in [3.63, 3.8) is 0 Å². The van der Waals surface area contributed by atoms with E-state index in [4.69, 9.17) is 15.0 Å². The van der Waals surface area contributed by atoms with Gasteiger partial charge in [-0.15, -0.1) is 0 Å². The Morgan fingerprint density at radius 1 is 0.510 bits per heavy atom. The number of benzene rings is 7. The average molecular weight is 653 g/mol. The van der Waals surface area contributed by atoms with Crippen LogP contribution in [0.25, 0.3) is 84.0 Å². The smallest absolute Gasteiger partial charge is 0.164 e. The predicted octanol–water partition coefficient (Wildman–Crippen LogP) is 11.5. The summed E-state index contributed by atoms with van der Waals surface area (Å²) in [5, 5.41) is 8.59. The maximum absolute atomic E-state index is 5.34. The molecule has 0 amide bonds. The van der Waals surface area contributed by atoms with Crippen LogP contribution in [0.1, 0.15) is 34.9 Å². The second-order valence-corrected chi connectivity index (χ2v) is 13.9. The lowest BCUT2D eigenvalue weighted by Gasteiger charge is -2.22. The van der Waals surface area contributed by atoms with Gasteiger partial charge < -0.3 is 5.32 Å². The summed E-state index contributed by atoms with van der Waals surface area (Å²) in [6.07, 6.45) is 5.60. The lowest BCUT2D eigenvalue weighted by atomic mass is 9.83. The van der Waals surface area contributed by atoms with Gasteiger partial charge in [-0.3, -0.25) is 0 Å². The molecule has 51 heavy (non-hydrogen) atoms. The van der Waals surface area contributed by atoms with E-state index >= 15 is 0 Å². The van der Waals surface area contributed by atoms with E-state index in [1.165, 1.54) is 61.5 Å². The van der Waals surface area contributed by atoms with E-state index in [1.54, 1.807) is 0 Å². The van der Waals surface area contributed by atoms with Gasteiger partial charge in [-0.05, 0) is 79.4 Å². The molecule has 1 aromatic heterocycles. The Morgan fingerprint density at radius 2 is 1.18 bits per heavy atom. The summed E-state index contributed by atoms with van der Waals surface area (Å²) in [5.41, 5.74) is 13.1. The van der Waals surface area contributed by atoms with Gasteiger partial charge in [-0.2, -0.15) is 0 Å². The average Bonchev–Trinajstić information content (AvgIpc) is 4.02. The first-order chi connectivity index (χ1) is 25.3. The normalized spacial score (nSPS) is 16.5. The fourth-order valence-electron chi connectivity index (χ4n) is 8.56. The van der Waals surface area contributed by atoms with Crippen LogP contribution in [0.5, 0.6) is 0 Å². The standard InChI is InChI=1S/C47H32N4/c1-2-10-31(11-3-1)45-49-46(51-47(50-45)38-18-8-17-36-41-27-40(41)34-14-5-6-15-35(34)43(36)38)37-16-7-4-13-33(37)32-24-20-28-19-21-29-22-23-30-12-9-25-48-44(30)42(29)39(28)26-32/h1-24,26,40-41,48H,25,27H2. The molecule has 2 heterocycles. The fraction of sp³-hybridized carbons (Fsp3) is 0.0851. The van der Waals surface area contributed by atoms with Gasteiger partial charge in [-0.25, -0.2) is 15.0 Å². The minimum Gasteiger partial charge on any atom is -0.381 e. The van der Waals surface area contributed by atoms with Crippen LogP contribution in [-0.4, -0.2) is 21.5 Å². The quantitative estimate of drug-likeness (QED) is 0.192. The van der Waals surface area contributed by atoms with Crippen molar-refractivity contribution in [2.45, 2.75) is 18.3 Å². The molecule has 1 N–H and O–H groups in total. The van der Waals surface area contributed by atoms with Crippen LogP contribution in [0.4, 0.5) is 5.69 Å². The van der Waals surface area contributed by atoms with Crippen LogP contribution >= 0.6 is 0 Å². The second kappa shape index (κ2) is 11.1. The van der Waals surface area contributed by atoms with E-state index in [0.29, 0.717) is 29.3 Å². The molecule has 3 aliphatic rings. The molecule has 4 nitrogen and oxygen atoms in total.